The molecule has 0 N–H and O–H groups in total. The summed E-state index contributed by atoms with van der Waals surface area (Å²) >= 11 is 0. The van der Waals surface area contributed by atoms with Gasteiger partial charge in [0, 0.05) is 13.1 Å². The summed E-state index contributed by atoms with van der Waals surface area (Å²) in [5.41, 5.74) is 1.17. The highest BCUT2D eigenvalue weighted by atomic mass is 19.1. The minimum absolute atomic E-state index is 0.221. The van der Waals surface area contributed by atoms with Crippen LogP contribution in [0.3, 0.4) is 0 Å². The maximum Gasteiger partial charge on any atom is 0.146 e. The predicted octanol–water partition coefficient (Wildman–Crippen LogP) is 1.48. The molecule has 0 atom stereocenters. The molecule has 1 saturated heterocycles. The molecule has 0 bridgehead atoms. The topological polar surface area (TPSA) is 12.5 Å². The maximum atomic E-state index is 13.4. The van der Waals surface area contributed by atoms with Crippen LogP contribution in [0.1, 0.15) is 13.8 Å². The van der Waals surface area contributed by atoms with Crippen molar-refractivity contribution in [2.45, 2.75) is 13.8 Å². The third-order valence-corrected chi connectivity index (χ3v) is 2.32. The molecule has 1 aliphatic heterocycles. The minimum atomic E-state index is -0.221. The van der Waals surface area contributed by atoms with Gasteiger partial charge in [0.15, 0.2) is 0 Å². The van der Waals surface area contributed by atoms with Gasteiger partial charge in [-0.05, 0) is 12.1 Å². The fourth-order valence-corrected chi connectivity index (χ4v) is 1.58. The summed E-state index contributed by atoms with van der Waals surface area (Å²) in [6, 6.07) is 4.64. The van der Waals surface area contributed by atoms with Gasteiger partial charge in [-0.25, -0.2) is 4.39 Å². The van der Waals surface area contributed by atoms with Crippen LogP contribution in [0.15, 0.2) is 18.2 Å². The van der Waals surface area contributed by atoms with Crippen LogP contribution in [0.2, 0.25) is 0 Å². The highest BCUT2D eigenvalue weighted by molar-refractivity contribution is 6.32. The average molecular weight is 221 g/mol. The Bertz CT molecular complexity index is 327. The van der Waals surface area contributed by atoms with Gasteiger partial charge in [0.1, 0.15) is 13.7 Å². The van der Waals surface area contributed by atoms with Gasteiger partial charge in [-0.2, -0.15) is 0 Å². The van der Waals surface area contributed by atoms with Gasteiger partial charge in [0.25, 0.3) is 0 Å². The molecule has 1 aromatic rings. The largest absolute Gasteiger partial charge is 0.378 e. The van der Waals surface area contributed by atoms with E-state index in [1.807, 2.05) is 18.7 Å². The van der Waals surface area contributed by atoms with Gasteiger partial charge in [-0.3, -0.25) is 0 Å². The summed E-state index contributed by atoms with van der Waals surface area (Å²) < 4.78 is 18.6. The van der Waals surface area contributed by atoms with Crippen LogP contribution < -0.4 is 10.4 Å². The quantitative estimate of drug-likeness (QED) is 0.666. The Morgan fingerprint density at radius 2 is 1.88 bits per heavy atom. The Labute approximate surface area is 97.8 Å². The molecule has 16 heavy (non-hydrogen) atoms. The second-order valence-corrected chi connectivity index (χ2v) is 3.31. The Kier molecular flexibility index (Phi) is 5.33. The molecular formula is C12H17BFNO. The smallest absolute Gasteiger partial charge is 0.146 e. The van der Waals surface area contributed by atoms with Crippen LogP contribution in [0.4, 0.5) is 10.1 Å². The monoisotopic (exact) mass is 221 g/mol. The van der Waals surface area contributed by atoms with Gasteiger partial charge in [0.2, 0.25) is 0 Å². The van der Waals surface area contributed by atoms with Crippen molar-refractivity contribution in [3.63, 3.8) is 0 Å². The molecule has 2 nitrogen and oxygen atoms in total. The Balaban J connectivity index is 0.000000606. The summed E-state index contributed by atoms with van der Waals surface area (Å²) in [5, 5.41) is 0. The third-order valence-electron chi connectivity index (χ3n) is 2.32. The standard InChI is InChI=1S/C10H11BFNO.C2H6/c11-8-1-2-9(12)10(7-8)13-3-5-14-6-4-13;1-2/h1-2,7H,3-6H2;1-2H3. The Hall–Kier alpha value is -1.03. The second-order valence-electron chi connectivity index (χ2n) is 3.31. The lowest BCUT2D eigenvalue weighted by atomic mass is 9.95. The zero-order chi connectivity index (χ0) is 12.0. The predicted molar refractivity (Wildman–Crippen MR) is 66.2 cm³/mol. The number of hydrogen-bond donors (Lipinski definition) is 0. The van der Waals surface area contributed by atoms with Gasteiger partial charge in [0.05, 0.1) is 18.9 Å². The normalized spacial score (nSPS) is 15.3. The van der Waals surface area contributed by atoms with Crippen LogP contribution in [0.5, 0.6) is 0 Å². The van der Waals surface area contributed by atoms with E-state index in [1.165, 1.54) is 6.07 Å². The molecule has 4 heteroatoms. The van der Waals surface area contributed by atoms with E-state index in [0.29, 0.717) is 24.4 Å². The van der Waals surface area contributed by atoms with E-state index >= 15 is 0 Å². The van der Waals surface area contributed by atoms with Gasteiger partial charge in [-0.15, -0.1) is 0 Å². The molecule has 2 radical (unpaired) electrons. The molecule has 2 rings (SSSR count). The average Bonchev–Trinajstić information content (AvgIpc) is 2.36. The molecule has 0 aliphatic carbocycles. The fourth-order valence-electron chi connectivity index (χ4n) is 1.58. The molecular weight excluding hydrogens is 204 g/mol. The van der Waals surface area contributed by atoms with E-state index in [-0.39, 0.29) is 5.82 Å². The Morgan fingerprint density at radius 1 is 1.25 bits per heavy atom. The van der Waals surface area contributed by atoms with E-state index in [2.05, 4.69) is 0 Å². The SMILES string of the molecule is CC.[B]c1ccc(F)c(N2CCOCC2)c1. The van der Waals surface area contributed by atoms with E-state index in [9.17, 15) is 4.39 Å². The van der Waals surface area contributed by atoms with Gasteiger partial charge >= 0.3 is 0 Å². The number of benzene rings is 1. The van der Waals surface area contributed by atoms with Crippen LogP contribution in [0.25, 0.3) is 0 Å². The van der Waals surface area contributed by atoms with Crippen molar-refractivity contribution < 1.29 is 9.13 Å². The number of rotatable bonds is 1. The van der Waals surface area contributed by atoms with Crippen molar-refractivity contribution in [2.75, 3.05) is 31.2 Å². The second kappa shape index (κ2) is 6.53. The molecule has 1 fully saturated rings. The summed E-state index contributed by atoms with van der Waals surface area (Å²) in [7, 11) is 5.61. The lowest BCUT2D eigenvalue weighted by Crippen LogP contribution is -2.37. The number of hydrogen-bond acceptors (Lipinski definition) is 2. The first-order valence-corrected chi connectivity index (χ1v) is 5.65. The molecule has 0 unspecified atom stereocenters. The number of morpholine rings is 1. The molecule has 1 aliphatic rings. The molecule has 0 saturated carbocycles. The molecule has 1 aromatic carbocycles. The fraction of sp³-hybridized carbons (Fsp3) is 0.500. The van der Waals surface area contributed by atoms with Gasteiger partial charge in [-0.1, -0.05) is 25.4 Å². The lowest BCUT2D eigenvalue weighted by molar-refractivity contribution is 0.122. The first-order chi connectivity index (χ1) is 7.77. The molecule has 86 valence electrons. The van der Waals surface area contributed by atoms with Crippen molar-refractivity contribution in [3.05, 3.63) is 24.0 Å². The highest BCUT2D eigenvalue weighted by Crippen LogP contribution is 2.18. The third kappa shape index (κ3) is 3.24. The Morgan fingerprint density at radius 3 is 2.50 bits per heavy atom. The number of ether oxygens (including phenoxy) is 1. The van der Waals surface area contributed by atoms with Crippen LogP contribution in [0, 0.1) is 5.82 Å². The van der Waals surface area contributed by atoms with Crippen molar-refractivity contribution >= 4 is 19.0 Å². The van der Waals surface area contributed by atoms with E-state index in [4.69, 9.17) is 12.6 Å². The molecule has 0 spiro atoms. The summed E-state index contributed by atoms with van der Waals surface area (Å²) in [6.07, 6.45) is 0. The van der Waals surface area contributed by atoms with Crippen LogP contribution in [-0.4, -0.2) is 34.1 Å². The van der Waals surface area contributed by atoms with E-state index in [1.54, 1.807) is 12.1 Å². The molecule has 1 heterocycles. The minimum Gasteiger partial charge on any atom is -0.378 e. The molecule has 0 aromatic heterocycles. The van der Waals surface area contributed by atoms with Crippen molar-refractivity contribution in [1.82, 2.24) is 0 Å². The van der Waals surface area contributed by atoms with Crippen LogP contribution in [-0.2, 0) is 4.74 Å². The van der Waals surface area contributed by atoms with Crippen molar-refractivity contribution in [2.24, 2.45) is 0 Å². The number of nitrogens with zero attached hydrogens (tertiary/aromatic N) is 1. The number of halogens is 1. The van der Waals surface area contributed by atoms with Crippen molar-refractivity contribution in [1.29, 1.82) is 0 Å². The van der Waals surface area contributed by atoms with Crippen LogP contribution >= 0.6 is 0 Å². The highest BCUT2D eigenvalue weighted by Gasteiger charge is 2.14. The first kappa shape index (κ1) is 13.0. The summed E-state index contributed by atoms with van der Waals surface area (Å²) in [6.45, 7) is 6.74. The van der Waals surface area contributed by atoms with Gasteiger partial charge < -0.3 is 9.64 Å². The first-order valence-electron chi connectivity index (χ1n) is 5.65. The number of anilines is 1. The van der Waals surface area contributed by atoms with E-state index < -0.39 is 0 Å². The zero-order valence-electron chi connectivity index (χ0n) is 9.87. The van der Waals surface area contributed by atoms with E-state index in [0.717, 1.165) is 13.1 Å². The summed E-state index contributed by atoms with van der Waals surface area (Å²) in [4.78, 5) is 1.95. The maximum absolute atomic E-state index is 13.4. The zero-order valence-corrected chi connectivity index (χ0v) is 9.87. The molecule has 0 amide bonds. The van der Waals surface area contributed by atoms with Crippen molar-refractivity contribution in [3.8, 4) is 0 Å². The lowest BCUT2D eigenvalue weighted by Gasteiger charge is -2.29. The summed E-state index contributed by atoms with van der Waals surface area (Å²) in [5.74, 6) is -0.221.